The van der Waals surface area contributed by atoms with Crippen LogP contribution in [-0.4, -0.2) is 35.8 Å². The maximum Gasteiger partial charge on any atom is 0.293 e. The second-order valence-electron chi connectivity index (χ2n) is 8.03. The highest BCUT2D eigenvalue weighted by Crippen LogP contribution is 2.32. The standard InChI is InChI=1S/C25H26FN5O2/c1-3-33-20-8-6-17(7-9-20)23-22(18-4-5-19(13-27)21(26)12-18)30-24(25(32)31(23)2)29-15-16-10-11-28-14-16/h4-9,12,16,28H,3,10-11,14-15H2,1-2H3,(H,29,30)/t16-/m0/s1. The number of rotatable bonds is 7. The molecule has 0 aliphatic carbocycles. The first-order chi connectivity index (χ1) is 16.0. The average molecular weight is 448 g/mol. The molecule has 1 aliphatic rings. The summed E-state index contributed by atoms with van der Waals surface area (Å²) in [5.74, 6) is 0.723. The number of benzene rings is 2. The minimum absolute atomic E-state index is 0.0433. The molecule has 2 N–H and O–H groups in total. The van der Waals surface area contributed by atoms with Gasteiger partial charge in [-0.3, -0.25) is 4.79 Å². The SMILES string of the molecule is CCOc1ccc(-c2c(-c3ccc(C#N)c(F)c3)nc(NC[C@H]3CCNC3)c(=O)n2C)cc1. The molecule has 1 atom stereocenters. The molecule has 170 valence electrons. The van der Waals surface area contributed by atoms with Crippen molar-refractivity contribution in [2.75, 3.05) is 31.6 Å². The van der Waals surface area contributed by atoms with Crippen molar-refractivity contribution in [1.82, 2.24) is 14.9 Å². The van der Waals surface area contributed by atoms with Crippen molar-refractivity contribution in [2.24, 2.45) is 13.0 Å². The largest absolute Gasteiger partial charge is 0.494 e. The van der Waals surface area contributed by atoms with Gasteiger partial charge in [0.2, 0.25) is 0 Å². The van der Waals surface area contributed by atoms with E-state index in [0.29, 0.717) is 41.8 Å². The van der Waals surface area contributed by atoms with Gasteiger partial charge in [0.25, 0.3) is 5.56 Å². The van der Waals surface area contributed by atoms with Crippen molar-refractivity contribution in [2.45, 2.75) is 13.3 Å². The second kappa shape index (κ2) is 9.84. The number of nitrogens with one attached hydrogen (secondary N) is 2. The summed E-state index contributed by atoms with van der Waals surface area (Å²) in [6.45, 7) is 4.94. The predicted molar refractivity (Wildman–Crippen MR) is 126 cm³/mol. The van der Waals surface area contributed by atoms with Crippen LogP contribution in [-0.2, 0) is 7.05 Å². The Balaban J connectivity index is 1.83. The molecular weight excluding hydrogens is 421 g/mol. The highest BCUT2D eigenvalue weighted by molar-refractivity contribution is 5.79. The van der Waals surface area contributed by atoms with Crippen LogP contribution in [0.15, 0.2) is 47.3 Å². The summed E-state index contributed by atoms with van der Waals surface area (Å²) in [5.41, 5.74) is 1.94. The lowest BCUT2D eigenvalue weighted by Crippen LogP contribution is -2.27. The molecule has 7 nitrogen and oxygen atoms in total. The number of nitriles is 1. The molecule has 33 heavy (non-hydrogen) atoms. The Hall–Kier alpha value is -3.70. The van der Waals surface area contributed by atoms with Crippen molar-refractivity contribution in [3.05, 3.63) is 64.2 Å². The van der Waals surface area contributed by atoms with E-state index >= 15 is 0 Å². The summed E-state index contributed by atoms with van der Waals surface area (Å²) >= 11 is 0. The van der Waals surface area contributed by atoms with E-state index in [2.05, 4.69) is 15.6 Å². The smallest absolute Gasteiger partial charge is 0.293 e. The number of anilines is 1. The molecule has 2 aromatic carbocycles. The van der Waals surface area contributed by atoms with Gasteiger partial charge in [-0.25, -0.2) is 9.37 Å². The molecule has 1 fully saturated rings. The summed E-state index contributed by atoms with van der Waals surface area (Å²) in [6.07, 6.45) is 1.03. The third-order valence-electron chi connectivity index (χ3n) is 5.81. The lowest BCUT2D eigenvalue weighted by molar-refractivity contribution is 0.340. The van der Waals surface area contributed by atoms with Crippen LogP contribution >= 0.6 is 0 Å². The quantitative estimate of drug-likeness (QED) is 0.576. The highest BCUT2D eigenvalue weighted by Gasteiger charge is 2.20. The molecule has 2 heterocycles. The van der Waals surface area contributed by atoms with Gasteiger partial charge in [0, 0.05) is 24.7 Å². The zero-order valence-corrected chi connectivity index (χ0v) is 18.7. The van der Waals surface area contributed by atoms with E-state index < -0.39 is 5.82 Å². The Kier molecular flexibility index (Phi) is 6.71. The molecule has 0 spiro atoms. The first-order valence-corrected chi connectivity index (χ1v) is 11.0. The second-order valence-corrected chi connectivity index (χ2v) is 8.03. The molecule has 1 aromatic heterocycles. The van der Waals surface area contributed by atoms with E-state index in [9.17, 15) is 9.18 Å². The van der Waals surface area contributed by atoms with Crippen LogP contribution in [0.4, 0.5) is 10.2 Å². The Morgan fingerprint density at radius 1 is 1.27 bits per heavy atom. The predicted octanol–water partition coefficient (Wildman–Crippen LogP) is 3.55. The molecule has 0 amide bonds. The zero-order chi connectivity index (χ0) is 23.4. The minimum atomic E-state index is -0.630. The van der Waals surface area contributed by atoms with Gasteiger partial charge in [0.05, 0.1) is 23.6 Å². The molecule has 0 unspecified atom stereocenters. The number of nitrogens with zero attached hydrogens (tertiary/aromatic N) is 3. The third-order valence-corrected chi connectivity index (χ3v) is 5.81. The summed E-state index contributed by atoms with van der Waals surface area (Å²) in [6, 6.07) is 13.6. The Morgan fingerprint density at radius 3 is 2.67 bits per heavy atom. The zero-order valence-electron chi connectivity index (χ0n) is 18.7. The highest BCUT2D eigenvalue weighted by atomic mass is 19.1. The fourth-order valence-electron chi connectivity index (χ4n) is 4.04. The molecular formula is C25H26FN5O2. The Bertz CT molecular complexity index is 1240. The van der Waals surface area contributed by atoms with Gasteiger partial charge in [-0.05, 0) is 68.8 Å². The van der Waals surface area contributed by atoms with Gasteiger partial charge in [-0.15, -0.1) is 0 Å². The lowest BCUT2D eigenvalue weighted by atomic mass is 10.0. The van der Waals surface area contributed by atoms with Gasteiger partial charge in [-0.2, -0.15) is 5.26 Å². The number of aromatic nitrogens is 2. The molecule has 0 saturated carbocycles. The van der Waals surface area contributed by atoms with Crippen molar-refractivity contribution in [1.29, 1.82) is 5.26 Å². The Morgan fingerprint density at radius 2 is 2.03 bits per heavy atom. The van der Waals surface area contributed by atoms with Crippen molar-refractivity contribution >= 4 is 5.82 Å². The van der Waals surface area contributed by atoms with Crippen molar-refractivity contribution in [3.63, 3.8) is 0 Å². The van der Waals surface area contributed by atoms with Crippen LogP contribution in [0.5, 0.6) is 5.75 Å². The van der Waals surface area contributed by atoms with E-state index in [-0.39, 0.29) is 16.9 Å². The van der Waals surface area contributed by atoms with Crippen LogP contribution in [0.2, 0.25) is 0 Å². The third kappa shape index (κ3) is 4.73. The summed E-state index contributed by atoms with van der Waals surface area (Å²) in [4.78, 5) is 17.8. The summed E-state index contributed by atoms with van der Waals surface area (Å²) in [7, 11) is 1.68. The molecule has 0 bridgehead atoms. The van der Waals surface area contributed by atoms with Gasteiger partial charge >= 0.3 is 0 Å². The van der Waals surface area contributed by atoms with E-state index in [4.69, 9.17) is 10.00 Å². The topological polar surface area (TPSA) is 92.0 Å². The average Bonchev–Trinajstić information content (AvgIpc) is 3.34. The molecule has 1 saturated heterocycles. The minimum Gasteiger partial charge on any atom is -0.494 e. The van der Waals surface area contributed by atoms with Crippen molar-refractivity contribution in [3.8, 4) is 34.3 Å². The van der Waals surface area contributed by atoms with Crippen LogP contribution in [0.3, 0.4) is 0 Å². The van der Waals surface area contributed by atoms with E-state index in [1.165, 1.54) is 16.7 Å². The maximum absolute atomic E-state index is 14.5. The fourth-order valence-corrected chi connectivity index (χ4v) is 4.04. The van der Waals surface area contributed by atoms with E-state index in [1.807, 2.05) is 37.3 Å². The number of hydrogen-bond donors (Lipinski definition) is 2. The number of hydrogen-bond acceptors (Lipinski definition) is 6. The van der Waals surface area contributed by atoms with Crippen LogP contribution in [0.1, 0.15) is 18.9 Å². The molecule has 3 aromatic rings. The van der Waals surface area contributed by atoms with E-state index in [1.54, 1.807) is 13.1 Å². The van der Waals surface area contributed by atoms with Gasteiger partial charge in [-0.1, -0.05) is 6.07 Å². The molecule has 8 heteroatoms. The summed E-state index contributed by atoms with van der Waals surface area (Å²) in [5, 5.41) is 15.6. The fraction of sp³-hybridized carbons (Fsp3) is 0.320. The molecule has 1 aliphatic heterocycles. The van der Waals surface area contributed by atoms with Crippen LogP contribution in [0, 0.1) is 23.1 Å². The first kappa shape index (κ1) is 22.5. The van der Waals surface area contributed by atoms with Crippen LogP contribution < -0.4 is 20.9 Å². The van der Waals surface area contributed by atoms with Crippen LogP contribution in [0.25, 0.3) is 22.5 Å². The maximum atomic E-state index is 14.5. The van der Waals surface area contributed by atoms with E-state index in [0.717, 1.165) is 25.1 Å². The number of ether oxygens (including phenoxy) is 1. The van der Waals surface area contributed by atoms with Gasteiger partial charge in [0.15, 0.2) is 5.82 Å². The normalized spacial score (nSPS) is 15.3. The van der Waals surface area contributed by atoms with Crippen molar-refractivity contribution < 1.29 is 9.13 Å². The first-order valence-electron chi connectivity index (χ1n) is 11.0. The molecule has 0 radical (unpaired) electrons. The molecule has 4 rings (SSSR count). The monoisotopic (exact) mass is 447 g/mol. The number of halogens is 1. The summed E-state index contributed by atoms with van der Waals surface area (Å²) < 4.78 is 21.5. The lowest BCUT2D eigenvalue weighted by Gasteiger charge is -2.18. The van der Waals surface area contributed by atoms with Gasteiger partial charge < -0.3 is 19.9 Å². The Labute approximate surface area is 191 Å². The van der Waals surface area contributed by atoms with Gasteiger partial charge in [0.1, 0.15) is 17.6 Å².